The predicted molar refractivity (Wildman–Crippen MR) is 82.2 cm³/mol. The molecule has 1 aliphatic rings. The second-order valence-electron chi connectivity index (χ2n) is 5.49. The maximum atomic E-state index is 12.2. The van der Waals surface area contributed by atoms with E-state index in [0.717, 1.165) is 19.1 Å². The number of hydrogen-bond acceptors (Lipinski definition) is 7. The maximum Gasteiger partial charge on any atom is 0.416 e. The zero-order valence-corrected chi connectivity index (χ0v) is 13.8. The third-order valence-corrected chi connectivity index (χ3v) is 4.37. The van der Waals surface area contributed by atoms with Crippen LogP contribution in [0.25, 0.3) is 0 Å². The van der Waals surface area contributed by atoms with Gasteiger partial charge in [0, 0.05) is 0 Å². The van der Waals surface area contributed by atoms with Gasteiger partial charge in [-0.15, -0.1) is 0 Å². The minimum Gasteiger partial charge on any atom is -0.468 e. The molecule has 0 bridgehead atoms. The number of benzene rings is 1. The number of esters is 2. The van der Waals surface area contributed by atoms with E-state index in [-0.39, 0.29) is 0 Å². The van der Waals surface area contributed by atoms with Gasteiger partial charge < -0.3 is 19.3 Å². The molecule has 24 heavy (non-hydrogen) atoms. The Bertz CT molecular complexity index is 658. The van der Waals surface area contributed by atoms with E-state index in [1.807, 2.05) is 0 Å². The molecule has 2 atom stereocenters. The Balaban J connectivity index is 2.68. The summed E-state index contributed by atoms with van der Waals surface area (Å²) in [4.78, 5) is 37.6. The van der Waals surface area contributed by atoms with Crippen LogP contribution in [0.15, 0.2) is 24.3 Å². The SMILES string of the molecule is COC(=O)C(C(=O)OC)[C@]1(C)c2ccccc2N(C(=O)OC)[C@H]1O. The lowest BCUT2D eigenvalue weighted by Crippen LogP contribution is -2.54. The zero-order valence-electron chi connectivity index (χ0n) is 13.8. The maximum absolute atomic E-state index is 12.2. The van der Waals surface area contributed by atoms with Crippen LogP contribution in [0.5, 0.6) is 0 Å². The second kappa shape index (κ2) is 6.48. The number of methoxy groups -OCH3 is 3. The first-order valence-corrected chi connectivity index (χ1v) is 7.15. The van der Waals surface area contributed by atoms with E-state index in [1.54, 1.807) is 24.3 Å². The number of para-hydroxylation sites is 1. The number of rotatable bonds is 3. The first-order chi connectivity index (χ1) is 11.3. The molecule has 0 fully saturated rings. The summed E-state index contributed by atoms with van der Waals surface area (Å²) < 4.78 is 14.1. The van der Waals surface area contributed by atoms with Crippen molar-refractivity contribution in [3.63, 3.8) is 0 Å². The Morgan fingerprint density at radius 1 is 1.08 bits per heavy atom. The van der Waals surface area contributed by atoms with Crippen LogP contribution in [-0.4, -0.2) is 50.7 Å². The number of carbonyl (C=O) groups excluding carboxylic acids is 3. The minimum atomic E-state index is -1.52. The zero-order chi connectivity index (χ0) is 18.1. The molecule has 1 aromatic carbocycles. The van der Waals surface area contributed by atoms with E-state index in [1.165, 1.54) is 14.0 Å². The predicted octanol–water partition coefficient (Wildman–Crippen LogP) is 0.811. The number of aliphatic hydroxyl groups excluding tert-OH is 1. The lowest BCUT2D eigenvalue weighted by Gasteiger charge is -2.35. The Labute approximate surface area is 138 Å². The van der Waals surface area contributed by atoms with Crippen molar-refractivity contribution in [1.82, 2.24) is 0 Å². The van der Waals surface area contributed by atoms with Gasteiger partial charge in [-0.3, -0.25) is 14.5 Å². The minimum absolute atomic E-state index is 0.345. The molecule has 0 saturated carbocycles. The first-order valence-electron chi connectivity index (χ1n) is 7.15. The number of anilines is 1. The van der Waals surface area contributed by atoms with Gasteiger partial charge in [0.05, 0.1) is 32.4 Å². The molecule has 0 aromatic heterocycles. The summed E-state index contributed by atoms with van der Waals surface area (Å²) in [7, 11) is 3.44. The summed E-state index contributed by atoms with van der Waals surface area (Å²) in [5.41, 5.74) is -0.689. The standard InChI is InChI=1S/C16H19NO7/c1-16(11(12(18)22-2)13(19)23-3)9-7-5-6-8-10(9)17(14(16)20)15(21)24-4/h5-8,11,14,20H,1-4H3/t14-,16-/m0/s1. The summed E-state index contributed by atoms with van der Waals surface area (Å²) in [6.45, 7) is 1.50. The summed E-state index contributed by atoms with van der Waals surface area (Å²) in [6, 6.07) is 6.56. The molecule has 1 amide bonds. The number of ether oxygens (including phenoxy) is 3. The fraction of sp³-hybridized carbons (Fsp3) is 0.438. The fourth-order valence-electron chi connectivity index (χ4n) is 3.10. The average Bonchev–Trinajstić information content (AvgIpc) is 2.82. The number of aliphatic hydroxyl groups is 1. The average molecular weight is 337 g/mol. The molecule has 0 aliphatic carbocycles. The molecule has 1 aliphatic heterocycles. The highest BCUT2D eigenvalue weighted by molar-refractivity contribution is 6.00. The molecule has 0 radical (unpaired) electrons. The van der Waals surface area contributed by atoms with Gasteiger partial charge in [0.1, 0.15) is 6.23 Å². The largest absolute Gasteiger partial charge is 0.468 e. The van der Waals surface area contributed by atoms with Crippen molar-refractivity contribution in [3.8, 4) is 0 Å². The number of fused-ring (bicyclic) bond motifs is 1. The molecule has 2 rings (SSSR count). The van der Waals surface area contributed by atoms with Gasteiger partial charge in [-0.2, -0.15) is 0 Å². The third-order valence-electron chi connectivity index (χ3n) is 4.37. The number of amides is 1. The number of hydrogen-bond donors (Lipinski definition) is 1. The summed E-state index contributed by atoms with van der Waals surface area (Å²) in [5.74, 6) is -3.20. The van der Waals surface area contributed by atoms with Crippen molar-refractivity contribution >= 4 is 23.7 Å². The van der Waals surface area contributed by atoms with Crippen molar-refractivity contribution in [1.29, 1.82) is 0 Å². The van der Waals surface area contributed by atoms with Crippen LogP contribution < -0.4 is 4.90 Å². The van der Waals surface area contributed by atoms with E-state index in [4.69, 9.17) is 14.2 Å². The molecule has 8 nitrogen and oxygen atoms in total. The van der Waals surface area contributed by atoms with E-state index < -0.39 is 35.6 Å². The van der Waals surface area contributed by atoms with Crippen molar-refractivity contribution in [3.05, 3.63) is 29.8 Å². The van der Waals surface area contributed by atoms with Crippen LogP contribution in [-0.2, 0) is 29.2 Å². The summed E-state index contributed by atoms with van der Waals surface area (Å²) in [5, 5.41) is 10.8. The molecule has 0 spiro atoms. The smallest absolute Gasteiger partial charge is 0.416 e. The summed E-state index contributed by atoms with van der Waals surface area (Å²) >= 11 is 0. The van der Waals surface area contributed by atoms with Gasteiger partial charge in [-0.05, 0) is 18.6 Å². The van der Waals surface area contributed by atoms with Gasteiger partial charge in [0.15, 0.2) is 5.92 Å². The van der Waals surface area contributed by atoms with Crippen molar-refractivity contribution < 1.29 is 33.7 Å². The van der Waals surface area contributed by atoms with Gasteiger partial charge >= 0.3 is 18.0 Å². The summed E-state index contributed by atoms with van der Waals surface area (Å²) in [6.07, 6.45) is -2.34. The van der Waals surface area contributed by atoms with E-state index in [2.05, 4.69) is 0 Å². The highest BCUT2D eigenvalue weighted by atomic mass is 16.6. The second-order valence-corrected chi connectivity index (χ2v) is 5.49. The van der Waals surface area contributed by atoms with Crippen molar-refractivity contribution in [2.24, 2.45) is 5.92 Å². The fourth-order valence-corrected chi connectivity index (χ4v) is 3.10. The molecule has 130 valence electrons. The van der Waals surface area contributed by atoms with E-state index in [0.29, 0.717) is 11.3 Å². The van der Waals surface area contributed by atoms with Crippen LogP contribution in [0.1, 0.15) is 12.5 Å². The molecule has 0 saturated heterocycles. The van der Waals surface area contributed by atoms with Gasteiger partial charge in [0.2, 0.25) is 0 Å². The van der Waals surface area contributed by atoms with Gasteiger partial charge in [-0.1, -0.05) is 18.2 Å². The lowest BCUT2D eigenvalue weighted by molar-refractivity contribution is -0.164. The Kier molecular flexibility index (Phi) is 4.79. The van der Waals surface area contributed by atoms with Crippen LogP contribution in [0.2, 0.25) is 0 Å². The molecule has 8 heteroatoms. The molecule has 1 heterocycles. The molecular weight excluding hydrogens is 318 g/mol. The first kappa shape index (κ1) is 17.7. The normalized spacial score (nSPS) is 22.1. The van der Waals surface area contributed by atoms with Crippen LogP contribution in [0.3, 0.4) is 0 Å². The number of carbonyl (C=O) groups is 3. The lowest BCUT2D eigenvalue weighted by atomic mass is 9.71. The van der Waals surface area contributed by atoms with E-state index >= 15 is 0 Å². The van der Waals surface area contributed by atoms with Crippen LogP contribution >= 0.6 is 0 Å². The van der Waals surface area contributed by atoms with Gasteiger partial charge in [-0.25, -0.2) is 4.79 Å². The third kappa shape index (κ3) is 2.39. The van der Waals surface area contributed by atoms with Crippen molar-refractivity contribution in [2.75, 3.05) is 26.2 Å². The Morgan fingerprint density at radius 3 is 2.12 bits per heavy atom. The molecular formula is C16H19NO7. The van der Waals surface area contributed by atoms with Crippen LogP contribution in [0.4, 0.5) is 10.5 Å². The molecule has 1 aromatic rings. The topological polar surface area (TPSA) is 102 Å². The van der Waals surface area contributed by atoms with Crippen LogP contribution in [0, 0.1) is 5.92 Å². The molecule has 0 unspecified atom stereocenters. The highest BCUT2D eigenvalue weighted by Crippen LogP contribution is 2.49. The monoisotopic (exact) mass is 337 g/mol. The quantitative estimate of drug-likeness (QED) is 0.495. The Morgan fingerprint density at radius 2 is 1.62 bits per heavy atom. The molecule has 1 N–H and O–H groups in total. The van der Waals surface area contributed by atoms with Gasteiger partial charge in [0.25, 0.3) is 0 Å². The van der Waals surface area contributed by atoms with E-state index in [9.17, 15) is 19.5 Å². The highest BCUT2D eigenvalue weighted by Gasteiger charge is 2.59. The van der Waals surface area contributed by atoms with Crippen molar-refractivity contribution in [2.45, 2.75) is 18.6 Å². The number of nitrogens with zero attached hydrogens (tertiary/aromatic N) is 1. The Hall–Kier alpha value is -2.61.